The number of ether oxygens (including phenoxy) is 6. The van der Waals surface area contributed by atoms with Gasteiger partial charge in [0, 0.05) is 12.3 Å². The van der Waals surface area contributed by atoms with Crippen molar-refractivity contribution in [3.63, 3.8) is 0 Å². The molecule has 104 heavy (non-hydrogen) atoms. The van der Waals surface area contributed by atoms with Crippen LogP contribution in [0.4, 0.5) is 13.2 Å². The second-order valence-corrected chi connectivity index (χ2v) is 37.7. The van der Waals surface area contributed by atoms with E-state index in [1.807, 2.05) is 72.7 Å². The third-order valence-electron chi connectivity index (χ3n) is 23.8. The molecule has 0 aromatic heterocycles. The van der Waals surface area contributed by atoms with Crippen LogP contribution in [-0.2, 0) is 73.5 Å². The number of carbonyl (C=O) groups is 6. The number of halogens is 4. The van der Waals surface area contributed by atoms with Gasteiger partial charge in [0.25, 0.3) is 0 Å². The summed E-state index contributed by atoms with van der Waals surface area (Å²) in [6.45, 7) is 26.7. The van der Waals surface area contributed by atoms with E-state index in [-0.39, 0.29) is 73.9 Å². The summed E-state index contributed by atoms with van der Waals surface area (Å²) in [4.78, 5) is 77.1. The van der Waals surface area contributed by atoms with Crippen LogP contribution in [0, 0.1) is 74.4 Å². The van der Waals surface area contributed by atoms with Gasteiger partial charge in [0.1, 0.15) is 34.6 Å². The minimum Gasteiger partial charge on any atom is -0.748 e. The highest BCUT2D eigenvalue weighted by molar-refractivity contribution is 14.1. The quantitative estimate of drug-likeness (QED) is 0.0122. The highest BCUT2D eigenvalue weighted by atomic mass is 127. The van der Waals surface area contributed by atoms with Crippen LogP contribution in [0.15, 0.2) is 124 Å². The van der Waals surface area contributed by atoms with Gasteiger partial charge < -0.3 is 43.2 Å². The fourth-order valence-corrected chi connectivity index (χ4v) is 19.9. The monoisotopic (exact) mass is 1600 g/mol. The molecule has 13 atom stereocenters. The lowest BCUT2D eigenvalue weighted by Crippen LogP contribution is -2.61. The third-order valence-corrected chi connectivity index (χ3v) is 28.4. The van der Waals surface area contributed by atoms with E-state index in [1.54, 1.807) is 58.9 Å². The third kappa shape index (κ3) is 19.7. The molecule has 1 saturated heterocycles. The number of hydrogen-bond acceptors (Lipinski definition) is 17. The number of phenolic OH excluding ortho intramolecular Hbond substituents is 2. The van der Waals surface area contributed by atoms with Crippen molar-refractivity contribution in [1.29, 1.82) is 0 Å². The van der Waals surface area contributed by atoms with Crippen molar-refractivity contribution in [2.75, 3.05) is 5.75 Å². The normalized spacial score (nSPS) is 28.7. The van der Waals surface area contributed by atoms with E-state index >= 15 is 0 Å². The molecule has 2 N–H and O–H groups in total. The van der Waals surface area contributed by atoms with Crippen molar-refractivity contribution in [3.8, 4) is 17.2 Å². The summed E-state index contributed by atoms with van der Waals surface area (Å²) in [5.41, 5.74) is -4.44. The van der Waals surface area contributed by atoms with Gasteiger partial charge in [-0.15, -0.1) is 0 Å². The summed E-state index contributed by atoms with van der Waals surface area (Å²) in [6, 6.07) is 34.6. The summed E-state index contributed by atoms with van der Waals surface area (Å²) in [5.74, 6) is 1.85. The lowest BCUT2D eigenvalue weighted by Gasteiger charge is -2.60. The lowest BCUT2D eigenvalue weighted by molar-refractivity contribution is -0.239. The molecule has 0 radical (unpaired) electrons. The van der Waals surface area contributed by atoms with Crippen molar-refractivity contribution in [2.45, 2.75) is 254 Å². The Morgan fingerprint density at radius 3 is 1.54 bits per heavy atom. The summed E-state index contributed by atoms with van der Waals surface area (Å²) in [7, 11) is -5.41. The van der Waals surface area contributed by atoms with Crippen molar-refractivity contribution in [2.24, 2.45) is 74.4 Å². The van der Waals surface area contributed by atoms with Crippen LogP contribution in [0.5, 0.6) is 17.2 Å². The number of esters is 6. The molecule has 1 aliphatic heterocycles. The number of rotatable bonds is 20. The molecule has 9 fully saturated rings. The van der Waals surface area contributed by atoms with Crippen LogP contribution in [0.25, 0.3) is 0 Å². The van der Waals surface area contributed by atoms with E-state index in [0.717, 1.165) is 61.7 Å². The van der Waals surface area contributed by atoms with Gasteiger partial charge >= 0.3 is 42.0 Å². The fourth-order valence-electron chi connectivity index (χ4n) is 16.6. The Bertz CT molecular complexity index is 3680. The summed E-state index contributed by atoms with van der Waals surface area (Å²) in [5, 5.41) is 18.5. The SMILES string of the molecule is CCC(C)(C)C(=O)OC1(CC)CC2CC1C1C3CCC(C3)C21.CCC(C)(C)C(=O)OC12CC3CC(C1)CC(C(=O)OC(CS(=O)(=O)[O-])C(F)(F)F)(C3)C2.CCC(C)(C)C(=O)OC1C(=O)OC(C)C1I.CCC(C)(C)C(=O)Oc1ccc(O)cc1.Oc1ccc([S+](c2ccccc2)c2ccccc2)cc1. The van der Waals surface area contributed by atoms with Gasteiger partial charge in [0.05, 0.1) is 57.8 Å². The standard InChI is InChI=1S/C20H29F3O7S.C20H32O2.C18H14OS.C12H16O3.C11H17IO4/c1-4-17(2,3)15(24)30-19-8-12-5-13(9-19)7-18(6-12,11-19)16(25)29-14(20(21,22)23)10-31(26,27)28;1-5-19(3,4)18(21)22-20(6-2)11-14-10-15(20)17-13-8-7-12(9-13)16(14)17;19-15-11-13-18(14-12-15)20(16-7-3-1-4-8-16)17-9-5-2-6-10-17;1-4-12(2,3)11(14)15-10-7-5-9(13)6-8-10;1-5-11(3,4)10(14)16-8-7(12)6(2)15-9(8)13/h12-14H,4-11H2,1-3H3,(H,26,27,28);12-17H,5-11H2,1-4H3;1-14H;5-8,13H,4H2,1-3H3;6-8H,5H2,1-4H3. The zero-order chi connectivity index (χ0) is 76.9. The van der Waals surface area contributed by atoms with Gasteiger partial charge in [-0.1, -0.05) is 93.6 Å². The van der Waals surface area contributed by atoms with Crippen molar-refractivity contribution in [1.82, 2.24) is 0 Å². The van der Waals surface area contributed by atoms with Crippen LogP contribution in [0.2, 0.25) is 0 Å². The topological polar surface area (TPSA) is 255 Å². The van der Waals surface area contributed by atoms with Crippen molar-refractivity contribution >= 4 is 79.4 Å². The van der Waals surface area contributed by atoms with Gasteiger partial charge in [0.15, 0.2) is 14.7 Å². The van der Waals surface area contributed by atoms with Crippen LogP contribution < -0.4 is 4.74 Å². The second kappa shape index (κ2) is 33.3. The predicted octanol–water partition coefficient (Wildman–Crippen LogP) is 17.4. The van der Waals surface area contributed by atoms with Crippen LogP contribution >= 0.6 is 22.6 Å². The molecule has 8 saturated carbocycles. The number of alkyl halides is 4. The van der Waals surface area contributed by atoms with Crippen LogP contribution in [0.3, 0.4) is 0 Å². The maximum absolute atomic E-state index is 13.3. The Hall–Kier alpha value is -5.92. The molecule has 1 heterocycles. The van der Waals surface area contributed by atoms with Gasteiger partial charge in [-0.3, -0.25) is 24.0 Å². The fraction of sp³-hybridized carbons (Fsp3) is 0.630. The molecular weight excluding hydrogens is 1490 g/mol. The largest absolute Gasteiger partial charge is 0.748 e. The summed E-state index contributed by atoms with van der Waals surface area (Å²) >= 11 is 2.09. The first-order valence-electron chi connectivity index (χ1n) is 36.9. The maximum Gasteiger partial charge on any atom is 0.426 e. The van der Waals surface area contributed by atoms with E-state index in [1.165, 1.54) is 52.5 Å². The highest BCUT2D eigenvalue weighted by Crippen LogP contribution is 2.71. The Kier molecular flexibility index (Phi) is 26.8. The van der Waals surface area contributed by atoms with E-state index in [2.05, 4.69) is 89.7 Å². The minimum atomic E-state index is -5.27. The van der Waals surface area contributed by atoms with Crippen LogP contribution in [-0.4, -0.2) is 104 Å². The Morgan fingerprint density at radius 2 is 1.08 bits per heavy atom. The molecule has 8 aliphatic carbocycles. The molecule has 0 spiro atoms. The van der Waals surface area contributed by atoms with E-state index < -0.39 is 79.4 Å². The zero-order valence-electron chi connectivity index (χ0n) is 62.7. The van der Waals surface area contributed by atoms with Crippen molar-refractivity contribution in [3.05, 3.63) is 109 Å². The average molecular weight is 1600 g/mol. The minimum absolute atomic E-state index is 0.00100. The first kappa shape index (κ1) is 83.7. The molecule has 23 heteroatoms. The lowest BCUT2D eigenvalue weighted by atomic mass is 9.48. The predicted molar refractivity (Wildman–Crippen MR) is 396 cm³/mol. The van der Waals surface area contributed by atoms with Crippen LogP contribution in [0.1, 0.15) is 200 Å². The number of benzene rings is 4. The molecule has 574 valence electrons. The number of cyclic esters (lactones) is 1. The second-order valence-electron chi connectivity index (χ2n) is 32.7. The molecule has 4 aromatic carbocycles. The van der Waals surface area contributed by atoms with Gasteiger partial charge in [0.2, 0.25) is 12.2 Å². The Balaban J connectivity index is 0.000000169. The summed E-state index contributed by atoms with van der Waals surface area (Å²) < 4.78 is 105. The van der Waals surface area contributed by atoms with E-state index in [9.17, 15) is 60.0 Å². The van der Waals surface area contributed by atoms with Gasteiger partial charge in [-0.05, 0) is 273 Å². The molecule has 4 aromatic rings. The Morgan fingerprint density at radius 1 is 0.615 bits per heavy atom. The highest BCUT2D eigenvalue weighted by Gasteiger charge is 2.68. The molecular formula is C81H108F3IO17S2. The average Bonchev–Trinajstić information content (AvgIpc) is 1.58. The zero-order valence-corrected chi connectivity index (χ0v) is 66.5. The molecule has 9 aliphatic rings. The number of phenols is 2. The number of fused-ring (bicyclic) bond motifs is 9. The summed E-state index contributed by atoms with van der Waals surface area (Å²) in [6.07, 6.45) is 4.09. The molecule has 8 bridgehead atoms. The van der Waals surface area contributed by atoms with Gasteiger partial charge in [-0.2, -0.15) is 13.2 Å². The van der Waals surface area contributed by atoms with E-state index in [0.29, 0.717) is 55.9 Å². The molecule has 0 amide bonds. The number of carbonyl (C=O) groups excluding carboxylic acids is 6. The molecule has 13 unspecified atom stereocenters. The Labute approximate surface area is 629 Å². The van der Waals surface area contributed by atoms with E-state index in [4.69, 9.17) is 28.8 Å². The van der Waals surface area contributed by atoms with Gasteiger partial charge in [-0.25, -0.2) is 13.2 Å². The number of hydrogen-bond donors (Lipinski definition) is 2. The molecule has 13 rings (SSSR count). The first-order chi connectivity index (χ1) is 48.5. The maximum atomic E-state index is 13.3. The molecule has 17 nitrogen and oxygen atoms in total. The smallest absolute Gasteiger partial charge is 0.426 e. The first-order valence-corrected chi connectivity index (χ1v) is 40.9. The number of aromatic hydroxyl groups is 2. The van der Waals surface area contributed by atoms with Crippen molar-refractivity contribution < 1.29 is 93.5 Å².